The minimum Gasteiger partial charge on any atom is -0.463 e. The highest BCUT2D eigenvalue weighted by atomic mass is 16.8. The fraction of sp³-hybridized carbons (Fsp3) is 0.714. The molecule has 1 N–H and O–H groups in total. The van der Waals surface area contributed by atoms with Gasteiger partial charge in [0.2, 0.25) is 6.29 Å². The molecular weight excluding hydrogens is 654 g/mol. The predicted octanol–water partition coefficient (Wildman–Crippen LogP) is -1.04. The lowest BCUT2D eigenvalue weighted by Crippen LogP contribution is -2.67. The molecule has 1 amide bonds. The van der Waals surface area contributed by atoms with Crippen LogP contribution in [0.15, 0.2) is 0 Å². The number of carbonyl (C=O) groups is 8. The molecule has 20 heteroatoms. The molecule has 0 bridgehead atoms. The van der Waals surface area contributed by atoms with Crippen LogP contribution >= 0.6 is 0 Å². The van der Waals surface area contributed by atoms with E-state index >= 15 is 0 Å². The van der Waals surface area contributed by atoms with Crippen molar-refractivity contribution in [2.24, 2.45) is 0 Å². The van der Waals surface area contributed by atoms with E-state index in [1.807, 2.05) is 0 Å². The SMILES string of the molecule is CNC(=O)O[C@@H]1[C@H](O[C@H]2[C@@H](OC(C)=O)O[C@H](COC(C)=O)[C@H](OC(C)=O)[C@H]2OC(C)=O)O[C@H](COC(C)=O)[C@@H](OC(C)=O)[C@@H]1OC(C)=O. The number of nitrogens with one attached hydrogen (secondary N) is 1. The molecule has 0 radical (unpaired) electrons. The van der Waals surface area contributed by atoms with E-state index in [9.17, 15) is 38.4 Å². The summed E-state index contributed by atoms with van der Waals surface area (Å²) in [4.78, 5) is 96.8. The van der Waals surface area contributed by atoms with Crippen molar-refractivity contribution < 1.29 is 90.5 Å². The van der Waals surface area contributed by atoms with Crippen molar-refractivity contribution in [2.45, 2.75) is 110 Å². The third kappa shape index (κ3) is 11.9. The summed E-state index contributed by atoms with van der Waals surface area (Å²) < 4.78 is 60.3. The maximum atomic E-state index is 12.5. The average Bonchev–Trinajstić information content (AvgIpc) is 2.95. The molecule has 48 heavy (non-hydrogen) atoms. The molecule has 20 nitrogen and oxygen atoms in total. The van der Waals surface area contributed by atoms with Crippen molar-refractivity contribution in [2.75, 3.05) is 20.3 Å². The van der Waals surface area contributed by atoms with Gasteiger partial charge < -0.3 is 57.4 Å². The van der Waals surface area contributed by atoms with Gasteiger partial charge in [0.25, 0.3) is 0 Å². The first kappa shape index (κ1) is 39.6. The number of hydrogen-bond acceptors (Lipinski definition) is 19. The molecule has 0 unspecified atom stereocenters. The Morgan fingerprint density at radius 3 is 1.21 bits per heavy atom. The van der Waals surface area contributed by atoms with E-state index in [0.717, 1.165) is 48.5 Å². The lowest BCUT2D eigenvalue weighted by Gasteiger charge is -2.48. The van der Waals surface area contributed by atoms with Crippen LogP contribution in [0.3, 0.4) is 0 Å². The van der Waals surface area contributed by atoms with Crippen LogP contribution in [-0.4, -0.2) is 130 Å². The fourth-order valence-electron chi connectivity index (χ4n) is 4.72. The number of carbonyl (C=O) groups excluding carboxylic acids is 8. The molecule has 0 aromatic rings. The maximum absolute atomic E-state index is 12.5. The molecule has 2 aliphatic heterocycles. The number of alkyl carbamates (subject to hydrolysis) is 1. The molecule has 2 aliphatic rings. The van der Waals surface area contributed by atoms with Crippen molar-refractivity contribution in [3.05, 3.63) is 0 Å². The quantitative estimate of drug-likeness (QED) is 0.189. The van der Waals surface area contributed by atoms with Crippen LogP contribution in [0.5, 0.6) is 0 Å². The van der Waals surface area contributed by atoms with Crippen LogP contribution in [0.1, 0.15) is 48.5 Å². The second-order valence-electron chi connectivity index (χ2n) is 10.3. The predicted molar refractivity (Wildman–Crippen MR) is 149 cm³/mol. The van der Waals surface area contributed by atoms with Gasteiger partial charge in [0.15, 0.2) is 42.9 Å². The first-order valence-electron chi connectivity index (χ1n) is 14.4. The van der Waals surface area contributed by atoms with Crippen LogP contribution < -0.4 is 5.32 Å². The number of esters is 7. The fourth-order valence-corrected chi connectivity index (χ4v) is 4.72. The van der Waals surface area contributed by atoms with Gasteiger partial charge in [-0.3, -0.25) is 33.6 Å². The van der Waals surface area contributed by atoms with E-state index < -0.39 is 123 Å². The lowest BCUT2D eigenvalue weighted by molar-refractivity contribution is -0.362. The Morgan fingerprint density at radius 1 is 0.458 bits per heavy atom. The van der Waals surface area contributed by atoms with Crippen LogP contribution in [-0.2, 0) is 85.7 Å². The van der Waals surface area contributed by atoms with Crippen molar-refractivity contribution in [3.63, 3.8) is 0 Å². The van der Waals surface area contributed by atoms with Crippen molar-refractivity contribution >= 4 is 47.9 Å². The van der Waals surface area contributed by atoms with Crippen molar-refractivity contribution in [1.29, 1.82) is 0 Å². The van der Waals surface area contributed by atoms with Crippen LogP contribution in [0.2, 0.25) is 0 Å². The summed E-state index contributed by atoms with van der Waals surface area (Å²) >= 11 is 0. The second-order valence-corrected chi connectivity index (χ2v) is 10.3. The van der Waals surface area contributed by atoms with Gasteiger partial charge in [-0.25, -0.2) is 4.79 Å². The lowest BCUT2D eigenvalue weighted by atomic mass is 9.96. The Labute approximate surface area is 274 Å². The van der Waals surface area contributed by atoms with Crippen molar-refractivity contribution in [3.8, 4) is 0 Å². The van der Waals surface area contributed by atoms with E-state index in [1.54, 1.807) is 0 Å². The van der Waals surface area contributed by atoms with E-state index in [4.69, 9.17) is 52.1 Å². The second kappa shape index (κ2) is 18.1. The van der Waals surface area contributed by atoms with Crippen LogP contribution in [0.4, 0.5) is 4.79 Å². The molecule has 0 spiro atoms. The first-order chi connectivity index (χ1) is 22.4. The smallest absolute Gasteiger partial charge is 0.407 e. The minimum atomic E-state index is -1.90. The minimum absolute atomic E-state index is 0.569. The summed E-state index contributed by atoms with van der Waals surface area (Å²) in [6.45, 7) is 6.05. The van der Waals surface area contributed by atoms with Crippen LogP contribution in [0.25, 0.3) is 0 Å². The summed E-state index contributed by atoms with van der Waals surface area (Å²) in [7, 11) is 1.20. The van der Waals surface area contributed by atoms with Gasteiger partial charge in [-0.1, -0.05) is 0 Å². The summed E-state index contributed by atoms with van der Waals surface area (Å²) in [6.07, 6.45) is -17.8. The molecule has 2 heterocycles. The van der Waals surface area contributed by atoms with Gasteiger partial charge >= 0.3 is 47.9 Å². The van der Waals surface area contributed by atoms with Gasteiger partial charge in [-0.2, -0.15) is 0 Å². The van der Waals surface area contributed by atoms with Gasteiger partial charge in [0.05, 0.1) is 0 Å². The summed E-state index contributed by atoms with van der Waals surface area (Å²) in [5, 5.41) is 2.19. The Hall–Kier alpha value is -4.56. The summed E-state index contributed by atoms with van der Waals surface area (Å²) in [5.74, 6) is -6.13. The van der Waals surface area contributed by atoms with E-state index in [-0.39, 0.29) is 0 Å². The third-order valence-electron chi connectivity index (χ3n) is 6.31. The Bertz CT molecular complexity index is 1220. The Balaban J connectivity index is 2.74. The molecule has 0 aliphatic carbocycles. The standard InChI is InChI=1S/C28H39NO19/c1-11(30)38-9-18-20(40-13(3)32)22(42-15(5)34)24(26(45-18)44-17(7)36)47-27-25(48-28(37)29-8)23(43-16(6)35)21(41-14(4)33)19(46-27)10-39-12(2)31/h18-27H,9-10H2,1-8H3,(H,29,37)/t18-,19-,20+,21-,22-,23+,24-,25+,26+,27+/m1/s1. The van der Waals surface area contributed by atoms with Crippen molar-refractivity contribution in [1.82, 2.24) is 5.32 Å². The summed E-state index contributed by atoms with van der Waals surface area (Å²) in [6, 6.07) is 0. The Morgan fingerprint density at radius 2 is 0.833 bits per heavy atom. The van der Waals surface area contributed by atoms with E-state index in [2.05, 4.69) is 5.32 Å². The highest BCUT2D eigenvalue weighted by molar-refractivity contribution is 5.70. The monoisotopic (exact) mass is 693 g/mol. The Kier molecular flexibility index (Phi) is 14.9. The number of amides is 1. The molecular formula is C28H39NO19. The molecule has 0 aromatic heterocycles. The molecule has 0 saturated carbocycles. The zero-order valence-corrected chi connectivity index (χ0v) is 27.4. The highest BCUT2D eigenvalue weighted by Crippen LogP contribution is 2.35. The molecule has 2 fully saturated rings. The number of rotatable bonds is 12. The molecule has 10 atom stereocenters. The normalized spacial score (nSPS) is 29.6. The molecule has 270 valence electrons. The topological polar surface area (TPSA) is 250 Å². The third-order valence-corrected chi connectivity index (χ3v) is 6.31. The first-order valence-corrected chi connectivity index (χ1v) is 14.4. The van der Waals surface area contributed by atoms with Crippen LogP contribution in [0, 0.1) is 0 Å². The highest BCUT2D eigenvalue weighted by Gasteiger charge is 2.58. The van der Waals surface area contributed by atoms with Gasteiger partial charge in [-0.05, 0) is 0 Å². The van der Waals surface area contributed by atoms with E-state index in [0.29, 0.717) is 0 Å². The average molecular weight is 694 g/mol. The zero-order valence-electron chi connectivity index (χ0n) is 27.4. The largest absolute Gasteiger partial charge is 0.463 e. The molecule has 2 rings (SSSR count). The van der Waals surface area contributed by atoms with E-state index in [1.165, 1.54) is 7.05 Å². The zero-order chi connectivity index (χ0) is 36.3. The summed E-state index contributed by atoms with van der Waals surface area (Å²) in [5.41, 5.74) is 0. The molecule has 2 saturated heterocycles. The maximum Gasteiger partial charge on any atom is 0.407 e. The van der Waals surface area contributed by atoms with Gasteiger partial charge in [-0.15, -0.1) is 0 Å². The van der Waals surface area contributed by atoms with Gasteiger partial charge in [0, 0.05) is 55.5 Å². The van der Waals surface area contributed by atoms with Gasteiger partial charge in [0.1, 0.15) is 25.4 Å². The number of ether oxygens (including phenoxy) is 11. The number of hydrogen-bond donors (Lipinski definition) is 1. The molecule has 0 aromatic carbocycles.